The lowest BCUT2D eigenvalue weighted by molar-refractivity contribution is 0.0948. The molecule has 2 amide bonds. The van der Waals surface area contributed by atoms with Crippen molar-refractivity contribution in [2.45, 2.75) is 32.7 Å². The number of hydrogen-bond donors (Lipinski definition) is 3. The zero-order chi connectivity index (χ0) is 66.1. The summed E-state index contributed by atoms with van der Waals surface area (Å²) in [6.45, 7) is 1.83. The van der Waals surface area contributed by atoms with E-state index in [1.807, 2.05) is 170 Å². The Morgan fingerprint density at radius 1 is 0.516 bits per heavy atom. The van der Waals surface area contributed by atoms with Crippen LogP contribution in [0.2, 0.25) is 0 Å². The van der Waals surface area contributed by atoms with E-state index in [1.165, 1.54) is 11.3 Å². The van der Waals surface area contributed by atoms with Crippen molar-refractivity contribution in [1.82, 2.24) is 35.9 Å². The van der Waals surface area contributed by atoms with Crippen LogP contribution >= 0.6 is 58.4 Å². The molecule has 0 atom stereocenters. The standard InChI is InChI=1S/C25H22N2O3S2.C24H19N3O3S.C14H14N2O2.C9H6N2OS2/c1-29-21-8-5-9-22-24(21)27-23(32-22)14-20(31)15-26-25(28)18-10-12-19(13-11-18)30-16-17-6-3-2-4-7-17;1-28-19-8-5-9-20-23(19)25-22(31-20)14-21-26-27-24(30-21)17-10-12-18(13-11-17)29-15-16-6-3-2-4-7-16;15-16-14(17)12-6-8-13(9-7-12)18-10-11-4-2-1-3-5-11;1-12-6-3-2-4-7-8(6)11-9(14-7)10-5-13/h2-13H,14-16H2,1H3,(H,26,28);2-13H,14-15H2,1H3;1-9H,10,15H2,(H,16,17);2-4H,1H3. The SMILES string of the molecule is COc1cccc2sc(CC(=S)CNC(=O)c3ccc(OCc4ccccc4)cc3)nc12.COc1cccc2sc(Cc3nnc(-c4ccc(OCc5ccccc5)cc4)o3)nc12.COc1cccc2sc(N=C=S)nc12.NNC(=O)c1ccc(OCc2ccccc2)cc1. The molecule has 0 bridgehead atoms. The molecule has 0 radical (unpaired) electrons. The molecule has 13 rings (SSSR count). The van der Waals surface area contributed by atoms with Crippen LogP contribution in [-0.4, -0.2) is 74.9 Å². The minimum atomic E-state index is -0.315. The molecule has 0 saturated heterocycles. The summed E-state index contributed by atoms with van der Waals surface area (Å²) in [5.74, 6) is 10.0. The van der Waals surface area contributed by atoms with Crippen molar-refractivity contribution < 1.29 is 42.4 Å². The Morgan fingerprint density at radius 3 is 1.41 bits per heavy atom. The van der Waals surface area contributed by atoms with E-state index in [4.69, 9.17) is 50.9 Å². The van der Waals surface area contributed by atoms with Crippen molar-refractivity contribution in [2.24, 2.45) is 10.8 Å². The molecule has 4 heterocycles. The number of isothiocyanates is 1. The van der Waals surface area contributed by atoms with Gasteiger partial charge in [0, 0.05) is 34.5 Å². The van der Waals surface area contributed by atoms with Gasteiger partial charge in [0.15, 0.2) is 0 Å². The second kappa shape index (κ2) is 34.3. The van der Waals surface area contributed by atoms with E-state index < -0.39 is 0 Å². The molecule has 95 heavy (non-hydrogen) atoms. The quantitative estimate of drug-likeness (QED) is 0.0188. The fourth-order valence-electron chi connectivity index (χ4n) is 9.07. The molecule has 23 heteroatoms. The van der Waals surface area contributed by atoms with Crippen molar-refractivity contribution in [3.05, 3.63) is 262 Å². The maximum absolute atomic E-state index is 12.5. The van der Waals surface area contributed by atoms with Gasteiger partial charge in [-0.2, -0.15) is 4.99 Å². The van der Waals surface area contributed by atoms with Gasteiger partial charge in [0.25, 0.3) is 11.8 Å². The number of carbonyl (C=O) groups is 2. The number of rotatable bonds is 22. The number of methoxy groups -OCH3 is 3. The maximum Gasteiger partial charge on any atom is 0.265 e. The number of benzene rings is 9. The van der Waals surface area contributed by atoms with Crippen LogP contribution in [0.5, 0.6) is 34.5 Å². The third-order valence-corrected chi connectivity index (χ3v) is 17.1. The summed E-state index contributed by atoms with van der Waals surface area (Å²) < 4.78 is 42.2. The van der Waals surface area contributed by atoms with Crippen LogP contribution in [0.25, 0.3) is 42.1 Å². The number of aromatic nitrogens is 5. The summed E-state index contributed by atoms with van der Waals surface area (Å²) in [4.78, 5) is 41.8. The number of hydrazine groups is 1. The molecule has 0 unspecified atom stereocenters. The first-order chi connectivity index (χ1) is 46.5. The molecule has 13 aromatic rings. The van der Waals surface area contributed by atoms with Gasteiger partial charge in [-0.1, -0.05) is 133 Å². The minimum absolute atomic E-state index is 0.173. The number of amides is 2. The number of nitrogens with zero attached hydrogens (tertiary/aromatic N) is 6. The number of carbonyl (C=O) groups excluding carboxylic acids is 2. The number of nitrogen functional groups attached to an aromatic ring is 1. The fraction of sp³-hybridized carbons (Fsp3) is 0.125. The van der Waals surface area contributed by atoms with Crippen LogP contribution in [0.1, 0.15) is 53.3 Å². The third-order valence-electron chi connectivity index (χ3n) is 13.8. The highest BCUT2D eigenvalue weighted by atomic mass is 32.1. The number of thiocarbonyl (C=S) groups is 2. The first kappa shape index (κ1) is 67.3. The van der Waals surface area contributed by atoms with E-state index >= 15 is 0 Å². The van der Waals surface area contributed by atoms with Gasteiger partial charge in [-0.3, -0.25) is 15.0 Å². The van der Waals surface area contributed by atoms with Crippen molar-refractivity contribution in [2.75, 3.05) is 27.9 Å². The topological polar surface area (TPSA) is 230 Å². The highest BCUT2D eigenvalue weighted by molar-refractivity contribution is 7.80. The van der Waals surface area contributed by atoms with E-state index in [1.54, 1.807) is 92.5 Å². The van der Waals surface area contributed by atoms with Crippen molar-refractivity contribution in [3.8, 4) is 46.0 Å². The number of fused-ring (bicyclic) bond motifs is 3. The summed E-state index contributed by atoms with van der Waals surface area (Å²) >= 11 is 14.6. The highest BCUT2D eigenvalue weighted by Gasteiger charge is 2.16. The molecule has 0 aliphatic carbocycles. The normalized spacial score (nSPS) is 10.5. The zero-order valence-corrected chi connectivity index (χ0v) is 55.6. The molecular weight excluding hydrogens is 1300 g/mol. The summed E-state index contributed by atoms with van der Waals surface area (Å²) in [5.41, 5.74) is 9.83. The molecule has 0 aliphatic heterocycles. The maximum atomic E-state index is 12.5. The van der Waals surface area contributed by atoms with Crippen LogP contribution in [0.15, 0.2) is 228 Å². The van der Waals surface area contributed by atoms with E-state index in [9.17, 15) is 9.59 Å². The second-order valence-corrected chi connectivity index (χ2v) is 24.3. The lowest BCUT2D eigenvalue weighted by atomic mass is 10.2. The van der Waals surface area contributed by atoms with Gasteiger partial charge in [0.05, 0.1) is 52.0 Å². The molecular formula is C72H61N9O9S5. The monoisotopic (exact) mass is 1360 g/mol. The smallest absolute Gasteiger partial charge is 0.265 e. The molecule has 18 nitrogen and oxygen atoms in total. The summed E-state index contributed by atoms with van der Waals surface area (Å²) in [6, 6.07) is 69.0. The third kappa shape index (κ3) is 19.2. The van der Waals surface area contributed by atoms with Crippen molar-refractivity contribution in [1.29, 1.82) is 0 Å². The van der Waals surface area contributed by atoms with Crippen LogP contribution in [-0.2, 0) is 32.7 Å². The van der Waals surface area contributed by atoms with Crippen LogP contribution < -0.4 is 45.0 Å². The van der Waals surface area contributed by atoms with Crippen molar-refractivity contribution >= 4 is 116 Å². The first-order valence-electron chi connectivity index (χ1n) is 29.3. The number of thiazole rings is 3. The molecule has 0 saturated carbocycles. The van der Waals surface area contributed by atoms with Crippen LogP contribution in [0.4, 0.5) is 5.13 Å². The largest absolute Gasteiger partial charge is 0.494 e. The average Bonchev–Trinajstić information content (AvgIpc) is 1.71. The molecule has 4 N–H and O–H groups in total. The predicted molar refractivity (Wildman–Crippen MR) is 381 cm³/mol. The summed E-state index contributed by atoms with van der Waals surface area (Å²) in [7, 11) is 4.90. The Labute approximate surface area is 570 Å². The lowest BCUT2D eigenvalue weighted by Gasteiger charge is -2.08. The average molecular weight is 1360 g/mol. The molecule has 9 aromatic carbocycles. The number of aliphatic imine (C=N–C) groups is 1. The van der Waals surface area contributed by atoms with Gasteiger partial charge in [0.1, 0.15) is 75.9 Å². The second-order valence-electron chi connectivity index (χ2n) is 20.3. The van der Waals surface area contributed by atoms with E-state index in [0.29, 0.717) is 78.7 Å². The Kier molecular flexibility index (Phi) is 24.3. The summed E-state index contributed by atoms with van der Waals surface area (Å²) in [6.07, 6.45) is 1.01. The first-order valence-corrected chi connectivity index (χ1v) is 32.6. The van der Waals surface area contributed by atoms with E-state index in [0.717, 1.165) is 90.8 Å². The van der Waals surface area contributed by atoms with Gasteiger partial charge in [-0.05, 0) is 138 Å². The molecule has 0 spiro atoms. The van der Waals surface area contributed by atoms with Gasteiger partial charge < -0.3 is 38.2 Å². The number of nitrogens with two attached hydrogens (primary N) is 1. The highest BCUT2D eigenvalue weighted by Crippen LogP contribution is 2.35. The number of para-hydroxylation sites is 3. The molecule has 4 aromatic heterocycles. The molecule has 0 aliphatic rings. The Balaban J connectivity index is 0.000000145. The lowest BCUT2D eigenvalue weighted by Crippen LogP contribution is -2.29. The van der Waals surface area contributed by atoms with Gasteiger partial charge in [0.2, 0.25) is 16.9 Å². The Hall–Kier alpha value is -10.6. The van der Waals surface area contributed by atoms with Crippen LogP contribution in [0.3, 0.4) is 0 Å². The fourth-order valence-corrected chi connectivity index (χ4v) is 12.3. The predicted octanol–water partition coefficient (Wildman–Crippen LogP) is 15.7. The minimum Gasteiger partial charge on any atom is -0.494 e. The van der Waals surface area contributed by atoms with Gasteiger partial charge >= 0.3 is 0 Å². The Morgan fingerprint density at radius 2 is 0.947 bits per heavy atom. The van der Waals surface area contributed by atoms with Crippen LogP contribution in [0, 0.1) is 0 Å². The summed E-state index contributed by atoms with van der Waals surface area (Å²) in [5, 5.41) is 16.0. The molecule has 478 valence electrons. The van der Waals surface area contributed by atoms with Gasteiger partial charge in [-0.25, -0.2) is 20.8 Å². The number of hydrogen-bond acceptors (Lipinski definition) is 21. The number of ether oxygens (including phenoxy) is 6. The molecule has 0 fully saturated rings. The van der Waals surface area contributed by atoms with Gasteiger partial charge in [-0.15, -0.1) is 32.9 Å². The van der Waals surface area contributed by atoms with Crippen molar-refractivity contribution in [3.63, 3.8) is 0 Å². The van der Waals surface area contributed by atoms with E-state index in [-0.39, 0.29) is 11.8 Å². The van der Waals surface area contributed by atoms with E-state index in [2.05, 4.69) is 58.3 Å². The number of nitrogens with one attached hydrogen (secondary N) is 2. The zero-order valence-electron chi connectivity index (χ0n) is 51.5. The Bertz CT molecular complexity index is 4680.